The highest BCUT2D eigenvalue weighted by molar-refractivity contribution is 7.90. The fourth-order valence-electron chi connectivity index (χ4n) is 2.83. The summed E-state index contributed by atoms with van der Waals surface area (Å²) in [5.74, 6) is -0.281. The maximum atomic E-state index is 12.4. The van der Waals surface area contributed by atoms with E-state index in [0.29, 0.717) is 11.9 Å². The van der Waals surface area contributed by atoms with E-state index in [1.54, 1.807) is 13.0 Å². The van der Waals surface area contributed by atoms with Gasteiger partial charge in [0.1, 0.15) is 12.9 Å². The first kappa shape index (κ1) is 24.0. The third-order valence-electron chi connectivity index (χ3n) is 4.29. The molecule has 1 aromatic carbocycles. The second-order valence-corrected chi connectivity index (χ2v) is 9.01. The zero-order valence-electron chi connectivity index (χ0n) is 16.0. The summed E-state index contributed by atoms with van der Waals surface area (Å²) in [6, 6.07) is 2.53. The van der Waals surface area contributed by atoms with Crippen molar-refractivity contribution in [3.8, 4) is 0 Å². The van der Waals surface area contributed by atoms with E-state index in [9.17, 15) is 31.2 Å². The number of carbonyl (C=O) groups is 2. The zero-order chi connectivity index (χ0) is 22.7. The van der Waals surface area contributed by atoms with Crippen molar-refractivity contribution >= 4 is 39.1 Å². The van der Waals surface area contributed by atoms with Crippen LogP contribution in [-0.4, -0.2) is 39.5 Å². The van der Waals surface area contributed by atoms with E-state index in [1.165, 1.54) is 24.3 Å². The molecule has 0 bridgehead atoms. The standard InChI is InChI=1S/C20H18ClF3O5S/c1-12-4-3-5-14(13(9-25)8-17(12)26)15-6-7-18(30(2,27)28)16(19(15)21)10-29-11-20(22,23)24/h3-7,9H,8,10-11H2,1-2H3. The topological polar surface area (TPSA) is 77.5 Å². The molecule has 0 atom stereocenters. The van der Waals surface area contributed by atoms with Gasteiger partial charge < -0.3 is 4.74 Å². The van der Waals surface area contributed by atoms with Crippen LogP contribution in [0.2, 0.25) is 5.02 Å². The third-order valence-corrected chi connectivity index (χ3v) is 5.90. The molecule has 10 heteroatoms. The highest BCUT2D eigenvalue weighted by Crippen LogP contribution is 2.36. The molecule has 0 N–H and O–H groups in total. The van der Waals surface area contributed by atoms with Crippen molar-refractivity contribution in [2.24, 2.45) is 0 Å². The number of alkyl halides is 3. The Hall–Kier alpha value is -2.23. The van der Waals surface area contributed by atoms with Crippen LogP contribution in [0.5, 0.6) is 0 Å². The van der Waals surface area contributed by atoms with Crippen LogP contribution in [0.1, 0.15) is 24.5 Å². The van der Waals surface area contributed by atoms with Crippen molar-refractivity contribution in [3.05, 3.63) is 57.7 Å². The maximum absolute atomic E-state index is 12.4. The van der Waals surface area contributed by atoms with E-state index in [1.807, 2.05) is 0 Å². The Labute approximate surface area is 176 Å². The number of ether oxygens (including phenoxy) is 1. The summed E-state index contributed by atoms with van der Waals surface area (Å²) in [5.41, 5.74) is 0.870. The molecule has 162 valence electrons. The maximum Gasteiger partial charge on any atom is 0.411 e. The summed E-state index contributed by atoms with van der Waals surface area (Å²) in [6.07, 6.45) is 1.20. The summed E-state index contributed by atoms with van der Waals surface area (Å²) in [7, 11) is -3.83. The average molecular weight is 463 g/mol. The van der Waals surface area contributed by atoms with E-state index in [2.05, 4.69) is 4.74 Å². The lowest BCUT2D eigenvalue weighted by Crippen LogP contribution is -2.17. The molecule has 0 saturated heterocycles. The molecule has 0 fully saturated rings. The minimum absolute atomic E-state index is 0.111. The molecule has 0 aliphatic heterocycles. The second kappa shape index (κ2) is 9.28. The lowest BCUT2D eigenvalue weighted by Gasteiger charge is -2.17. The van der Waals surface area contributed by atoms with Gasteiger partial charge >= 0.3 is 6.18 Å². The van der Waals surface area contributed by atoms with Gasteiger partial charge in [-0.2, -0.15) is 13.2 Å². The summed E-state index contributed by atoms with van der Waals surface area (Å²) in [6.45, 7) is -0.693. The van der Waals surface area contributed by atoms with Crippen LogP contribution in [0.3, 0.4) is 0 Å². The number of hydrogen-bond acceptors (Lipinski definition) is 5. The lowest BCUT2D eigenvalue weighted by atomic mass is 9.92. The zero-order valence-corrected chi connectivity index (χ0v) is 17.6. The average Bonchev–Trinajstić information content (AvgIpc) is 2.62. The van der Waals surface area contributed by atoms with Gasteiger partial charge in [-0.1, -0.05) is 35.9 Å². The lowest BCUT2D eigenvalue weighted by molar-refractivity contribution is -0.176. The molecule has 1 aliphatic carbocycles. The third kappa shape index (κ3) is 5.90. The van der Waals surface area contributed by atoms with Crippen LogP contribution < -0.4 is 0 Å². The van der Waals surface area contributed by atoms with Gasteiger partial charge in [0.25, 0.3) is 0 Å². The van der Waals surface area contributed by atoms with E-state index >= 15 is 0 Å². The van der Waals surface area contributed by atoms with E-state index in [0.717, 1.165) is 6.26 Å². The number of Topliss-reactive ketones (excluding diaryl/α,β-unsaturated/α-hetero) is 1. The molecule has 0 heterocycles. The molecular formula is C20H18ClF3O5S. The second-order valence-electron chi connectivity index (χ2n) is 6.65. The van der Waals surface area contributed by atoms with Gasteiger partial charge in [-0.15, -0.1) is 0 Å². The molecule has 0 unspecified atom stereocenters. The van der Waals surface area contributed by atoms with Gasteiger partial charge in [-0.25, -0.2) is 8.42 Å². The minimum atomic E-state index is -4.60. The first-order valence-corrected chi connectivity index (χ1v) is 10.8. The van der Waals surface area contributed by atoms with Crippen molar-refractivity contribution in [1.29, 1.82) is 0 Å². The molecule has 0 spiro atoms. The number of allylic oxidation sites excluding steroid dienone is 6. The Balaban J connectivity index is 2.64. The minimum Gasteiger partial charge on any atom is -0.367 e. The Morgan fingerprint density at radius 2 is 1.93 bits per heavy atom. The van der Waals surface area contributed by atoms with Gasteiger partial charge in [-0.05, 0) is 24.1 Å². The summed E-state index contributed by atoms with van der Waals surface area (Å²) in [4.78, 5) is 23.5. The summed E-state index contributed by atoms with van der Waals surface area (Å²) in [5, 5.41) is -0.173. The molecule has 30 heavy (non-hydrogen) atoms. The highest BCUT2D eigenvalue weighted by Gasteiger charge is 2.29. The van der Waals surface area contributed by atoms with Crippen LogP contribution in [0.15, 0.2) is 46.4 Å². The number of benzene rings is 1. The Kier molecular flexibility index (Phi) is 7.44. The number of aldehydes is 1. The van der Waals surface area contributed by atoms with Crippen molar-refractivity contribution in [2.45, 2.75) is 31.0 Å². The van der Waals surface area contributed by atoms with Crippen LogP contribution in [0.25, 0.3) is 5.57 Å². The Morgan fingerprint density at radius 1 is 1.27 bits per heavy atom. The molecule has 0 aromatic heterocycles. The number of ketones is 1. The largest absolute Gasteiger partial charge is 0.411 e. The molecule has 0 amide bonds. The van der Waals surface area contributed by atoms with Crippen molar-refractivity contribution in [2.75, 3.05) is 12.9 Å². The van der Waals surface area contributed by atoms with Crippen molar-refractivity contribution < 1.29 is 35.9 Å². The number of halogens is 4. The number of sulfone groups is 1. The molecular weight excluding hydrogens is 445 g/mol. The van der Waals surface area contributed by atoms with E-state index in [-0.39, 0.29) is 44.4 Å². The van der Waals surface area contributed by atoms with Gasteiger partial charge in [-0.3, -0.25) is 9.59 Å². The van der Waals surface area contributed by atoms with Gasteiger partial charge in [0.15, 0.2) is 15.6 Å². The Bertz CT molecular complexity index is 1070. The quantitative estimate of drug-likeness (QED) is 0.591. The van der Waals surface area contributed by atoms with Crippen LogP contribution in [0.4, 0.5) is 13.2 Å². The Morgan fingerprint density at radius 3 is 2.50 bits per heavy atom. The fraction of sp³-hybridized carbons (Fsp3) is 0.300. The van der Waals surface area contributed by atoms with Crippen LogP contribution in [-0.2, 0) is 30.8 Å². The first-order valence-electron chi connectivity index (χ1n) is 8.58. The smallest absolute Gasteiger partial charge is 0.367 e. The molecule has 1 aromatic rings. The van der Waals surface area contributed by atoms with Crippen molar-refractivity contribution in [3.63, 3.8) is 0 Å². The molecule has 0 radical (unpaired) electrons. The van der Waals surface area contributed by atoms with Gasteiger partial charge in [0.05, 0.1) is 16.5 Å². The van der Waals surface area contributed by atoms with Crippen molar-refractivity contribution in [1.82, 2.24) is 0 Å². The normalized spacial score (nSPS) is 15.7. The van der Waals surface area contributed by atoms with E-state index in [4.69, 9.17) is 11.6 Å². The van der Waals surface area contributed by atoms with Crippen LogP contribution in [0, 0.1) is 0 Å². The first-order chi connectivity index (χ1) is 13.8. The summed E-state index contributed by atoms with van der Waals surface area (Å²) < 4.78 is 66.1. The fourth-order valence-corrected chi connectivity index (χ4v) is 4.13. The summed E-state index contributed by atoms with van der Waals surface area (Å²) >= 11 is 6.37. The molecule has 2 rings (SSSR count). The van der Waals surface area contributed by atoms with E-state index < -0.39 is 29.2 Å². The number of hydrogen-bond donors (Lipinski definition) is 0. The van der Waals surface area contributed by atoms with Gasteiger partial charge in [0.2, 0.25) is 0 Å². The monoisotopic (exact) mass is 462 g/mol. The molecule has 0 saturated carbocycles. The van der Waals surface area contributed by atoms with Crippen LogP contribution >= 0.6 is 11.6 Å². The predicted octanol–water partition coefficient (Wildman–Crippen LogP) is 4.25. The number of carbonyl (C=O) groups excluding carboxylic acids is 2. The highest BCUT2D eigenvalue weighted by atomic mass is 35.5. The van der Waals surface area contributed by atoms with Gasteiger partial charge in [0, 0.05) is 29.4 Å². The molecule has 1 aliphatic rings. The predicted molar refractivity (Wildman–Crippen MR) is 106 cm³/mol. The number of rotatable bonds is 6. The SMILES string of the molecule is CC1=CC=CC(c2ccc(S(C)(=O)=O)c(COCC(F)(F)F)c2Cl)=C(C=O)CC1=O. The molecule has 5 nitrogen and oxygen atoms in total.